The molecule has 2 atom stereocenters. The SMILES string of the molecule is Cc1cc(N2CCC(N)C(C)C2)ccc1[N+](=O)[O-]. The third-order valence-electron chi connectivity index (χ3n) is 3.71. The summed E-state index contributed by atoms with van der Waals surface area (Å²) in [5, 5.41) is 10.8. The predicted octanol–water partition coefficient (Wildman–Crippen LogP) is 2.08. The summed E-state index contributed by atoms with van der Waals surface area (Å²) < 4.78 is 0. The molecule has 1 fully saturated rings. The van der Waals surface area contributed by atoms with Gasteiger partial charge in [-0.2, -0.15) is 0 Å². The highest BCUT2D eigenvalue weighted by atomic mass is 16.6. The number of anilines is 1. The fourth-order valence-electron chi connectivity index (χ4n) is 2.44. The number of nitro benzene ring substituents is 1. The predicted molar refractivity (Wildman–Crippen MR) is 71.8 cm³/mol. The van der Waals surface area contributed by atoms with E-state index in [-0.39, 0.29) is 16.7 Å². The molecule has 5 heteroatoms. The number of benzene rings is 1. The lowest BCUT2D eigenvalue weighted by Gasteiger charge is -2.36. The number of nitro groups is 1. The van der Waals surface area contributed by atoms with Gasteiger partial charge in [-0.25, -0.2) is 0 Å². The first-order valence-corrected chi connectivity index (χ1v) is 6.24. The van der Waals surface area contributed by atoms with Crippen molar-refractivity contribution in [2.75, 3.05) is 18.0 Å². The Bertz CT molecular complexity index is 462. The molecule has 0 amide bonds. The zero-order valence-corrected chi connectivity index (χ0v) is 10.8. The molecule has 2 N–H and O–H groups in total. The van der Waals surface area contributed by atoms with Crippen LogP contribution in [0.1, 0.15) is 18.9 Å². The average molecular weight is 249 g/mol. The Kier molecular flexibility index (Phi) is 3.52. The highest BCUT2D eigenvalue weighted by Gasteiger charge is 2.24. The maximum absolute atomic E-state index is 10.8. The monoisotopic (exact) mass is 249 g/mol. The first-order chi connectivity index (χ1) is 8.49. The summed E-state index contributed by atoms with van der Waals surface area (Å²) in [6.45, 7) is 5.76. The van der Waals surface area contributed by atoms with Gasteiger partial charge in [-0.3, -0.25) is 10.1 Å². The molecular formula is C13H19N3O2. The molecule has 0 spiro atoms. The van der Waals surface area contributed by atoms with Crippen molar-refractivity contribution >= 4 is 11.4 Å². The lowest BCUT2D eigenvalue weighted by molar-refractivity contribution is -0.385. The van der Waals surface area contributed by atoms with E-state index in [0.29, 0.717) is 11.5 Å². The molecule has 1 aliphatic heterocycles. The van der Waals surface area contributed by atoms with Crippen LogP contribution in [0.4, 0.5) is 11.4 Å². The number of piperidine rings is 1. The van der Waals surface area contributed by atoms with Gasteiger partial charge < -0.3 is 10.6 Å². The number of nitrogens with two attached hydrogens (primary N) is 1. The van der Waals surface area contributed by atoms with Crippen molar-refractivity contribution in [3.05, 3.63) is 33.9 Å². The van der Waals surface area contributed by atoms with Crippen LogP contribution >= 0.6 is 0 Å². The number of aryl methyl sites for hydroxylation is 1. The minimum Gasteiger partial charge on any atom is -0.371 e. The summed E-state index contributed by atoms with van der Waals surface area (Å²) >= 11 is 0. The van der Waals surface area contributed by atoms with E-state index in [1.165, 1.54) is 0 Å². The van der Waals surface area contributed by atoms with Crippen molar-refractivity contribution in [3.8, 4) is 0 Å². The highest BCUT2D eigenvalue weighted by Crippen LogP contribution is 2.27. The highest BCUT2D eigenvalue weighted by molar-refractivity contribution is 5.55. The summed E-state index contributed by atoms with van der Waals surface area (Å²) in [5.41, 5.74) is 7.94. The van der Waals surface area contributed by atoms with E-state index >= 15 is 0 Å². The Morgan fingerprint density at radius 2 is 2.22 bits per heavy atom. The molecule has 2 unspecified atom stereocenters. The second-order valence-corrected chi connectivity index (χ2v) is 5.10. The van der Waals surface area contributed by atoms with E-state index in [1.54, 1.807) is 13.0 Å². The number of hydrogen-bond acceptors (Lipinski definition) is 4. The standard InChI is InChI=1S/C13H19N3O2/c1-9-7-11(3-4-13(9)16(17)18)15-6-5-12(14)10(2)8-15/h3-4,7,10,12H,5-6,8,14H2,1-2H3. The fourth-order valence-corrected chi connectivity index (χ4v) is 2.44. The van der Waals surface area contributed by atoms with Crippen LogP contribution in [-0.4, -0.2) is 24.1 Å². The van der Waals surface area contributed by atoms with E-state index in [2.05, 4.69) is 11.8 Å². The summed E-state index contributed by atoms with van der Waals surface area (Å²) in [6, 6.07) is 5.57. The Hall–Kier alpha value is -1.62. The van der Waals surface area contributed by atoms with Crippen LogP contribution in [0.15, 0.2) is 18.2 Å². The van der Waals surface area contributed by atoms with Gasteiger partial charge in [0.1, 0.15) is 0 Å². The molecule has 0 bridgehead atoms. The molecule has 98 valence electrons. The van der Waals surface area contributed by atoms with Crippen molar-refractivity contribution in [2.45, 2.75) is 26.3 Å². The van der Waals surface area contributed by atoms with Crippen LogP contribution in [-0.2, 0) is 0 Å². The Labute approximate surface area is 107 Å². The van der Waals surface area contributed by atoms with Crippen LogP contribution < -0.4 is 10.6 Å². The minimum atomic E-state index is -0.339. The summed E-state index contributed by atoms with van der Waals surface area (Å²) in [7, 11) is 0. The van der Waals surface area contributed by atoms with E-state index in [4.69, 9.17) is 5.73 Å². The second-order valence-electron chi connectivity index (χ2n) is 5.10. The van der Waals surface area contributed by atoms with E-state index < -0.39 is 0 Å². The van der Waals surface area contributed by atoms with Crippen LogP contribution in [0.3, 0.4) is 0 Å². The van der Waals surface area contributed by atoms with Crippen LogP contribution in [0.25, 0.3) is 0 Å². The van der Waals surface area contributed by atoms with Crippen molar-refractivity contribution in [1.82, 2.24) is 0 Å². The quantitative estimate of drug-likeness (QED) is 0.643. The molecule has 1 aromatic carbocycles. The van der Waals surface area contributed by atoms with Crippen LogP contribution in [0, 0.1) is 23.0 Å². The van der Waals surface area contributed by atoms with E-state index in [9.17, 15) is 10.1 Å². The maximum Gasteiger partial charge on any atom is 0.272 e. The van der Waals surface area contributed by atoms with Crippen molar-refractivity contribution in [1.29, 1.82) is 0 Å². The molecule has 1 aromatic rings. The molecule has 18 heavy (non-hydrogen) atoms. The molecule has 5 nitrogen and oxygen atoms in total. The van der Waals surface area contributed by atoms with E-state index in [1.807, 2.05) is 12.1 Å². The molecule has 1 aliphatic rings. The van der Waals surface area contributed by atoms with Gasteiger partial charge in [0.15, 0.2) is 0 Å². The van der Waals surface area contributed by atoms with Gasteiger partial charge in [0.25, 0.3) is 5.69 Å². The molecule has 1 heterocycles. The van der Waals surface area contributed by atoms with Gasteiger partial charge in [-0.1, -0.05) is 6.92 Å². The molecule has 0 saturated carbocycles. The zero-order valence-electron chi connectivity index (χ0n) is 10.8. The van der Waals surface area contributed by atoms with Crippen molar-refractivity contribution in [2.24, 2.45) is 11.7 Å². The molecular weight excluding hydrogens is 230 g/mol. The smallest absolute Gasteiger partial charge is 0.272 e. The average Bonchev–Trinajstić information content (AvgIpc) is 2.32. The molecule has 0 radical (unpaired) electrons. The largest absolute Gasteiger partial charge is 0.371 e. The first kappa shape index (κ1) is 12.8. The zero-order chi connectivity index (χ0) is 13.3. The lowest BCUT2D eigenvalue weighted by atomic mass is 9.94. The third kappa shape index (κ3) is 2.46. The minimum absolute atomic E-state index is 0.181. The van der Waals surface area contributed by atoms with Gasteiger partial charge >= 0.3 is 0 Å². The Balaban J connectivity index is 2.19. The Morgan fingerprint density at radius 3 is 2.78 bits per heavy atom. The van der Waals surface area contributed by atoms with Gasteiger partial charge in [-0.15, -0.1) is 0 Å². The molecule has 1 saturated heterocycles. The van der Waals surface area contributed by atoms with Crippen molar-refractivity contribution < 1.29 is 4.92 Å². The summed E-state index contributed by atoms with van der Waals surface area (Å²) in [5.74, 6) is 0.453. The van der Waals surface area contributed by atoms with Crippen LogP contribution in [0.2, 0.25) is 0 Å². The van der Waals surface area contributed by atoms with Gasteiger partial charge in [-0.05, 0) is 31.4 Å². The third-order valence-corrected chi connectivity index (χ3v) is 3.71. The molecule has 2 rings (SSSR count). The van der Waals surface area contributed by atoms with Crippen LogP contribution in [0.5, 0.6) is 0 Å². The summed E-state index contributed by atoms with van der Waals surface area (Å²) in [4.78, 5) is 12.7. The fraction of sp³-hybridized carbons (Fsp3) is 0.538. The van der Waals surface area contributed by atoms with Gasteiger partial charge in [0.2, 0.25) is 0 Å². The first-order valence-electron chi connectivity index (χ1n) is 6.24. The Morgan fingerprint density at radius 1 is 1.50 bits per heavy atom. The molecule has 0 aliphatic carbocycles. The number of nitrogens with zero attached hydrogens (tertiary/aromatic N) is 2. The topological polar surface area (TPSA) is 72.4 Å². The van der Waals surface area contributed by atoms with Crippen molar-refractivity contribution in [3.63, 3.8) is 0 Å². The molecule has 0 aromatic heterocycles. The van der Waals surface area contributed by atoms with E-state index in [0.717, 1.165) is 25.2 Å². The second kappa shape index (κ2) is 4.94. The van der Waals surface area contributed by atoms with Gasteiger partial charge in [0, 0.05) is 36.4 Å². The summed E-state index contributed by atoms with van der Waals surface area (Å²) in [6.07, 6.45) is 0.969. The number of hydrogen-bond donors (Lipinski definition) is 1. The lowest BCUT2D eigenvalue weighted by Crippen LogP contribution is -2.45. The number of rotatable bonds is 2. The van der Waals surface area contributed by atoms with Gasteiger partial charge in [0.05, 0.1) is 4.92 Å². The maximum atomic E-state index is 10.8. The normalized spacial score (nSPS) is 24.1.